The molecule has 1 aromatic heterocycles. The Labute approximate surface area is 219 Å². The van der Waals surface area contributed by atoms with Crippen LogP contribution in [-0.2, 0) is 12.3 Å². The Morgan fingerprint density at radius 2 is 1.62 bits per heavy atom. The molecule has 34 heavy (non-hydrogen) atoms. The predicted molar refractivity (Wildman–Crippen MR) is 135 cm³/mol. The molecule has 0 unspecified atom stereocenters. The molecule has 0 aliphatic carbocycles. The monoisotopic (exact) mass is 554 g/mol. The lowest BCUT2D eigenvalue weighted by Gasteiger charge is -2.13. The zero-order valence-corrected chi connectivity index (χ0v) is 21.1. The molecule has 1 N–H and O–H groups in total. The summed E-state index contributed by atoms with van der Waals surface area (Å²) in [4.78, 5) is 12.7. The van der Waals surface area contributed by atoms with E-state index in [-0.39, 0.29) is 22.9 Å². The van der Waals surface area contributed by atoms with Gasteiger partial charge >= 0.3 is 0 Å². The number of hydrogen-bond acceptors (Lipinski definition) is 4. The summed E-state index contributed by atoms with van der Waals surface area (Å²) in [5.74, 6) is 0.253. The predicted octanol–water partition coefficient (Wildman–Crippen LogP) is 7.24. The van der Waals surface area contributed by atoms with E-state index in [1.54, 1.807) is 47.0 Å². The van der Waals surface area contributed by atoms with Crippen LogP contribution < -0.4 is 5.32 Å². The highest BCUT2D eigenvalue weighted by atomic mass is 35.5. The van der Waals surface area contributed by atoms with Gasteiger partial charge in [0, 0.05) is 15.8 Å². The molecule has 4 rings (SSSR count). The van der Waals surface area contributed by atoms with E-state index < -0.39 is 5.91 Å². The van der Waals surface area contributed by atoms with Crippen LogP contribution in [0, 0.1) is 5.82 Å². The topological polar surface area (TPSA) is 59.8 Å². The number of hydrogen-bond donors (Lipinski definition) is 1. The number of thioether (sulfide) groups is 1. The fourth-order valence-corrected chi connectivity index (χ4v) is 4.85. The number of carbonyl (C=O) groups excluding carboxylic acids is 1. The second-order valence-corrected chi connectivity index (χ2v) is 9.68. The fraction of sp³-hybridized carbons (Fsp3) is 0.0870. The number of rotatable bonds is 7. The van der Waals surface area contributed by atoms with E-state index in [1.165, 1.54) is 30.0 Å². The first-order chi connectivity index (χ1) is 16.3. The van der Waals surface area contributed by atoms with Crippen molar-refractivity contribution in [3.8, 4) is 5.69 Å². The van der Waals surface area contributed by atoms with E-state index >= 15 is 0 Å². The van der Waals surface area contributed by atoms with Crippen molar-refractivity contribution >= 4 is 64.1 Å². The maximum Gasteiger partial charge on any atom is 0.253 e. The minimum absolute atomic E-state index is 0.0464. The van der Waals surface area contributed by atoms with Crippen LogP contribution in [0.3, 0.4) is 0 Å². The Kier molecular flexibility index (Phi) is 8.01. The Morgan fingerprint density at radius 1 is 0.912 bits per heavy atom. The molecule has 3 aromatic carbocycles. The average molecular weight is 556 g/mol. The molecule has 0 aliphatic rings. The van der Waals surface area contributed by atoms with E-state index in [0.717, 1.165) is 5.56 Å². The van der Waals surface area contributed by atoms with Gasteiger partial charge in [0.15, 0.2) is 11.0 Å². The number of aromatic nitrogens is 3. The average Bonchev–Trinajstić information content (AvgIpc) is 3.21. The molecule has 0 spiro atoms. The summed E-state index contributed by atoms with van der Waals surface area (Å²) in [6.45, 7) is 0.0464. The van der Waals surface area contributed by atoms with Gasteiger partial charge in [-0.3, -0.25) is 9.36 Å². The molecule has 11 heteroatoms. The SMILES string of the molecule is O=C(NCc1nnc(SCc2ccc(F)cc2)n1-c1cc(Cl)ccc1Cl)c1ccc(Cl)cc1Cl. The molecule has 5 nitrogen and oxygen atoms in total. The van der Waals surface area contributed by atoms with Crippen molar-refractivity contribution in [1.29, 1.82) is 0 Å². The minimum Gasteiger partial charge on any atom is -0.345 e. The van der Waals surface area contributed by atoms with Gasteiger partial charge in [0.2, 0.25) is 0 Å². The molecule has 0 saturated carbocycles. The Balaban J connectivity index is 1.61. The van der Waals surface area contributed by atoms with E-state index in [4.69, 9.17) is 46.4 Å². The van der Waals surface area contributed by atoms with Crippen molar-refractivity contribution in [1.82, 2.24) is 20.1 Å². The van der Waals surface area contributed by atoms with Gasteiger partial charge in [0.1, 0.15) is 5.82 Å². The van der Waals surface area contributed by atoms with Crippen LogP contribution in [0.5, 0.6) is 0 Å². The molecule has 0 atom stereocenters. The summed E-state index contributed by atoms with van der Waals surface area (Å²) in [5, 5.41) is 13.4. The lowest BCUT2D eigenvalue weighted by molar-refractivity contribution is 0.0950. The summed E-state index contributed by atoms with van der Waals surface area (Å²) in [7, 11) is 0. The number of benzene rings is 3. The normalized spacial score (nSPS) is 11.0. The van der Waals surface area contributed by atoms with Crippen LogP contribution in [0.4, 0.5) is 4.39 Å². The fourth-order valence-electron chi connectivity index (χ4n) is 3.06. The quantitative estimate of drug-likeness (QED) is 0.244. The third-order valence-corrected chi connectivity index (χ3v) is 6.82. The van der Waals surface area contributed by atoms with Gasteiger partial charge in [0.05, 0.1) is 27.8 Å². The smallest absolute Gasteiger partial charge is 0.253 e. The van der Waals surface area contributed by atoms with E-state index in [0.29, 0.717) is 37.5 Å². The van der Waals surface area contributed by atoms with Crippen LogP contribution in [0.1, 0.15) is 21.7 Å². The lowest BCUT2D eigenvalue weighted by Crippen LogP contribution is -2.25. The maximum absolute atomic E-state index is 13.2. The highest BCUT2D eigenvalue weighted by Crippen LogP contribution is 2.31. The molecule has 0 fully saturated rings. The van der Waals surface area contributed by atoms with Gasteiger partial charge in [-0.2, -0.15) is 0 Å². The zero-order valence-electron chi connectivity index (χ0n) is 17.2. The van der Waals surface area contributed by atoms with Crippen molar-refractivity contribution in [3.05, 3.63) is 104 Å². The van der Waals surface area contributed by atoms with Crippen molar-refractivity contribution in [2.75, 3.05) is 0 Å². The van der Waals surface area contributed by atoms with Crippen LogP contribution in [0.15, 0.2) is 65.8 Å². The molecule has 0 radical (unpaired) electrons. The molecular weight excluding hydrogens is 541 g/mol. The van der Waals surface area contributed by atoms with Crippen LogP contribution in [0.2, 0.25) is 20.1 Å². The van der Waals surface area contributed by atoms with Crippen molar-refractivity contribution < 1.29 is 9.18 Å². The Bertz CT molecular complexity index is 1350. The summed E-state index contributed by atoms with van der Waals surface area (Å²) >= 11 is 26.1. The van der Waals surface area contributed by atoms with Crippen molar-refractivity contribution in [2.24, 2.45) is 0 Å². The molecular formula is C23H15Cl4FN4OS. The number of nitrogens with zero attached hydrogens (tertiary/aromatic N) is 3. The highest BCUT2D eigenvalue weighted by molar-refractivity contribution is 7.98. The molecule has 4 aromatic rings. The first kappa shape index (κ1) is 24.8. The maximum atomic E-state index is 13.2. The third-order valence-electron chi connectivity index (χ3n) is 4.71. The minimum atomic E-state index is -0.395. The number of carbonyl (C=O) groups is 1. The molecule has 174 valence electrons. The summed E-state index contributed by atoms with van der Waals surface area (Å²) < 4.78 is 15.0. The largest absolute Gasteiger partial charge is 0.345 e. The standard InChI is InChI=1S/C23H15Cl4FN4OS/c24-14-3-7-17(19(27)9-14)22(33)29-11-21-30-31-23(34-12-13-1-5-16(28)6-2-13)32(21)20-10-15(25)4-8-18(20)26/h1-10H,11-12H2,(H,29,33). The van der Waals surface area contributed by atoms with Crippen molar-refractivity contribution in [3.63, 3.8) is 0 Å². The van der Waals surface area contributed by atoms with Crippen molar-refractivity contribution in [2.45, 2.75) is 17.5 Å². The van der Waals surface area contributed by atoms with Crippen LogP contribution in [-0.4, -0.2) is 20.7 Å². The molecule has 1 amide bonds. The summed E-state index contributed by atoms with van der Waals surface area (Å²) in [6, 6.07) is 15.9. The zero-order chi connectivity index (χ0) is 24.2. The number of nitrogens with one attached hydrogen (secondary N) is 1. The van der Waals surface area contributed by atoms with E-state index in [9.17, 15) is 9.18 Å². The number of halogens is 5. The third kappa shape index (κ3) is 5.85. The van der Waals surface area contributed by atoms with Gasteiger partial charge in [-0.05, 0) is 54.1 Å². The first-order valence-electron chi connectivity index (χ1n) is 9.82. The van der Waals surface area contributed by atoms with Gasteiger partial charge in [-0.1, -0.05) is 70.3 Å². The first-order valence-corrected chi connectivity index (χ1v) is 12.3. The van der Waals surface area contributed by atoms with Gasteiger partial charge in [-0.25, -0.2) is 4.39 Å². The molecule has 0 bridgehead atoms. The molecule has 0 saturated heterocycles. The second kappa shape index (κ2) is 11.0. The van der Waals surface area contributed by atoms with Gasteiger partial charge in [0.25, 0.3) is 5.91 Å². The van der Waals surface area contributed by atoms with Gasteiger partial charge in [-0.15, -0.1) is 10.2 Å². The van der Waals surface area contributed by atoms with E-state index in [2.05, 4.69) is 15.5 Å². The van der Waals surface area contributed by atoms with Crippen LogP contribution >= 0.6 is 58.2 Å². The van der Waals surface area contributed by atoms with Crippen LogP contribution in [0.25, 0.3) is 5.69 Å². The second-order valence-electron chi connectivity index (χ2n) is 7.05. The highest BCUT2D eigenvalue weighted by Gasteiger charge is 2.19. The number of amides is 1. The van der Waals surface area contributed by atoms with E-state index in [1.807, 2.05) is 0 Å². The molecule has 1 heterocycles. The molecule has 0 aliphatic heterocycles. The Hall–Kier alpha value is -2.29. The summed E-state index contributed by atoms with van der Waals surface area (Å²) in [6.07, 6.45) is 0. The summed E-state index contributed by atoms with van der Waals surface area (Å²) in [5.41, 5.74) is 1.75. The van der Waals surface area contributed by atoms with Gasteiger partial charge < -0.3 is 5.32 Å². The Morgan fingerprint density at radius 3 is 2.35 bits per heavy atom. The lowest BCUT2D eigenvalue weighted by atomic mass is 10.2.